The van der Waals surface area contributed by atoms with E-state index in [1.54, 1.807) is 29.4 Å². The zero-order chi connectivity index (χ0) is 21.1. The van der Waals surface area contributed by atoms with E-state index in [9.17, 15) is 9.59 Å². The van der Waals surface area contributed by atoms with Gasteiger partial charge in [-0.1, -0.05) is 50.2 Å². The predicted octanol–water partition coefficient (Wildman–Crippen LogP) is 4.59. The van der Waals surface area contributed by atoms with Crippen LogP contribution in [0.3, 0.4) is 0 Å². The number of aromatic nitrogens is 1. The first-order valence-electron chi connectivity index (χ1n) is 10.1. The molecule has 5 heteroatoms. The number of rotatable bonds is 5. The Kier molecular flexibility index (Phi) is 5.36. The summed E-state index contributed by atoms with van der Waals surface area (Å²) in [5.74, 6) is -0.123. The highest BCUT2D eigenvalue weighted by molar-refractivity contribution is 6.07. The molecule has 2 amide bonds. The maximum Gasteiger partial charge on any atom is 0.259 e. The molecule has 0 fully saturated rings. The molecular weight excluding hydrogens is 374 g/mol. The van der Waals surface area contributed by atoms with Crippen LogP contribution in [0.15, 0.2) is 73.1 Å². The van der Waals surface area contributed by atoms with Gasteiger partial charge in [-0.3, -0.25) is 14.6 Å². The molecule has 5 nitrogen and oxygen atoms in total. The molecule has 152 valence electrons. The number of pyridine rings is 1. The summed E-state index contributed by atoms with van der Waals surface area (Å²) < 4.78 is 0. The zero-order valence-corrected chi connectivity index (χ0v) is 17.3. The summed E-state index contributed by atoms with van der Waals surface area (Å²) in [4.78, 5) is 31.4. The van der Waals surface area contributed by atoms with Gasteiger partial charge in [0.1, 0.15) is 0 Å². The minimum atomic E-state index is -0.273. The van der Waals surface area contributed by atoms with E-state index >= 15 is 0 Å². The highest BCUT2D eigenvalue weighted by Crippen LogP contribution is 2.33. The molecule has 3 aromatic rings. The van der Waals surface area contributed by atoms with Gasteiger partial charge < -0.3 is 10.2 Å². The van der Waals surface area contributed by atoms with Crippen molar-refractivity contribution in [3.8, 4) is 0 Å². The van der Waals surface area contributed by atoms with Gasteiger partial charge in [0.05, 0.1) is 5.56 Å². The lowest BCUT2D eigenvalue weighted by atomic mass is 9.81. The molecule has 0 saturated heterocycles. The van der Waals surface area contributed by atoms with Crippen molar-refractivity contribution < 1.29 is 9.59 Å². The molecule has 2 heterocycles. The number of carbonyl (C=O) groups is 2. The van der Waals surface area contributed by atoms with Crippen LogP contribution in [0.4, 0.5) is 11.4 Å². The topological polar surface area (TPSA) is 62.3 Å². The number of carbonyl (C=O) groups excluding carboxylic acids is 2. The Morgan fingerprint density at radius 2 is 1.87 bits per heavy atom. The highest BCUT2D eigenvalue weighted by Gasteiger charge is 2.27. The number of benzene rings is 2. The minimum absolute atomic E-state index is 0.0491. The fraction of sp³-hybridized carbons (Fsp3) is 0.240. The highest BCUT2D eigenvalue weighted by atomic mass is 16.2. The molecule has 2 aromatic carbocycles. The van der Waals surface area contributed by atoms with Crippen molar-refractivity contribution in [2.24, 2.45) is 0 Å². The normalized spacial score (nSPS) is 13.1. The summed E-state index contributed by atoms with van der Waals surface area (Å²) in [5.41, 5.74) is 4.07. The van der Waals surface area contributed by atoms with E-state index < -0.39 is 0 Å². The van der Waals surface area contributed by atoms with Gasteiger partial charge in [0.2, 0.25) is 5.91 Å². The maximum absolute atomic E-state index is 12.9. The number of nitrogens with zero attached hydrogens (tertiary/aromatic N) is 2. The van der Waals surface area contributed by atoms with Crippen molar-refractivity contribution in [3.63, 3.8) is 0 Å². The first kappa shape index (κ1) is 19.8. The van der Waals surface area contributed by atoms with Crippen LogP contribution in [0.1, 0.15) is 41.8 Å². The van der Waals surface area contributed by atoms with E-state index in [2.05, 4.69) is 24.1 Å². The molecule has 0 spiro atoms. The van der Waals surface area contributed by atoms with Gasteiger partial charge in [-0.2, -0.15) is 0 Å². The van der Waals surface area contributed by atoms with Crippen molar-refractivity contribution in [1.29, 1.82) is 0 Å². The van der Waals surface area contributed by atoms with Gasteiger partial charge in [-0.05, 0) is 47.2 Å². The van der Waals surface area contributed by atoms with Crippen LogP contribution in [-0.4, -0.2) is 23.3 Å². The Hall–Kier alpha value is -3.47. The van der Waals surface area contributed by atoms with Crippen molar-refractivity contribution >= 4 is 23.2 Å². The molecule has 0 atom stereocenters. The van der Waals surface area contributed by atoms with E-state index in [4.69, 9.17) is 0 Å². The van der Waals surface area contributed by atoms with Crippen LogP contribution in [0.2, 0.25) is 0 Å². The van der Waals surface area contributed by atoms with Crippen LogP contribution in [0.25, 0.3) is 0 Å². The molecule has 30 heavy (non-hydrogen) atoms. The Bertz CT molecular complexity index is 1060. The van der Waals surface area contributed by atoms with Gasteiger partial charge >= 0.3 is 0 Å². The van der Waals surface area contributed by atoms with Crippen LogP contribution in [0.5, 0.6) is 0 Å². The van der Waals surface area contributed by atoms with Crippen LogP contribution in [-0.2, 0) is 16.6 Å². The lowest BCUT2D eigenvalue weighted by Gasteiger charge is -2.24. The molecule has 0 radical (unpaired) electrons. The van der Waals surface area contributed by atoms with Gasteiger partial charge in [-0.15, -0.1) is 0 Å². The molecular formula is C25H25N3O2. The molecule has 1 aliphatic heterocycles. The third-order valence-corrected chi connectivity index (χ3v) is 5.58. The number of nitrogens with one attached hydrogen (secondary N) is 1. The largest absolute Gasteiger partial charge is 0.326 e. The first-order valence-corrected chi connectivity index (χ1v) is 10.1. The number of anilines is 2. The number of amides is 2. The van der Waals surface area contributed by atoms with Crippen LogP contribution in [0, 0.1) is 0 Å². The Morgan fingerprint density at radius 1 is 1.07 bits per heavy atom. The van der Waals surface area contributed by atoms with E-state index in [1.807, 2.05) is 48.5 Å². The fourth-order valence-corrected chi connectivity index (χ4v) is 3.91. The molecule has 1 aliphatic rings. The second-order valence-electron chi connectivity index (χ2n) is 8.27. The second kappa shape index (κ2) is 8.11. The number of hydrogen-bond donors (Lipinski definition) is 1. The van der Waals surface area contributed by atoms with Gasteiger partial charge in [-0.25, -0.2) is 0 Å². The van der Waals surface area contributed by atoms with Crippen LogP contribution < -0.4 is 10.2 Å². The van der Waals surface area contributed by atoms with Crippen molar-refractivity contribution in [2.45, 2.75) is 32.1 Å². The minimum Gasteiger partial charge on any atom is -0.326 e. The second-order valence-corrected chi connectivity index (χ2v) is 8.27. The zero-order valence-electron chi connectivity index (χ0n) is 17.3. The summed E-state index contributed by atoms with van der Waals surface area (Å²) in [6.07, 6.45) is 4.40. The summed E-state index contributed by atoms with van der Waals surface area (Å²) in [7, 11) is 0. The Labute approximate surface area is 176 Å². The molecule has 1 N–H and O–H groups in total. The number of hydrogen-bond acceptors (Lipinski definition) is 3. The van der Waals surface area contributed by atoms with Crippen molar-refractivity contribution in [3.05, 3.63) is 89.7 Å². The average molecular weight is 399 g/mol. The van der Waals surface area contributed by atoms with Gasteiger partial charge in [0.25, 0.3) is 5.91 Å². The van der Waals surface area contributed by atoms with Crippen LogP contribution >= 0.6 is 0 Å². The third-order valence-electron chi connectivity index (χ3n) is 5.58. The summed E-state index contributed by atoms with van der Waals surface area (Å²) in [5, 5.41) is 3.01. The monoisotopic (exact) mass is 399 g/mol. The maximum atomic E-state index is 12.9. The first-order chi connectivity index (χ1) is 14.4. The molecule has 0 saturated carbocycles. The lowest BCUT2D eigenvalue weighted by molar-refractivity contribution is -0.117. The average Bonchev–Trinajstić information content (AvgIpc) is 3.17. The smallest absolute Gasteiger partial charge is 0.259 e. The Morgan fingerprint density at radius 3 is 2.60 bits per heavy atom. The molecule has 1 aromatic heterocycles. The lowest BCUT2D eigenvalue weighted by Crippen LogP contribution is -2.29. The van der Waals surface area contributed by atoms with Gasteiger partial charge in [0, 0.05) is 36.7 Å². The third kappa shape index (κ3) is 4.10. The van der Waals surface area contributed by atoms with Crippen molar-refractivity contribution in [1.82, 2.24) is 4.98 Å². The SMILES string of the molecule is CC(C)(CC(=O)Nc1ccc2c(c1)N(C(=O)c1cccnc1)CC2)c1ccccc1. The molecule has 0 bridgehead atoms. The predicted molar refractivity (Wildman–Crippen MR) is 119 cm³/mol. The fourth-order valence-electron chi connectivity index (χ4n) is 3.91. The standard InChI is InChI=1S/C25H25N3O2/c1-25(2,20-8-4-3-5-9-20)16-23(29)27-21-11-10-18-12-14-28(22(18)15-21)24(30)19-7-6-13-26-17-19/h3-11,13,15,17H,12,14,16H2,1-2H3,(H,27,29). The molecule has 4 rings (SSSR count). The summed E-state index contributed by atoms with van der Waals surface area (Å²) >= 11 is 0. The quantitative estimate of drug-likeness (QED) is 0.682. The van der Waals surface area contributed by atoms with E-state index in [1.165, 1.54) is 0 Å². The van der Waals surface area contributed by atoms with E-state index in [-0.39, 0.29) is 17.2 Å². The molecule has 0 aliphatic carbocycles. The van der Waals surface area contributed by atoms with E-state index in [0.29, 0.717) is 24.2 Å². The number of fused-ring (bicyclic) bond motifs is 1. The van der Waals surface area contributed by atoms with E-state index in [0.717, 1.165) is 23.2 Å². The summed E-state index contributed by atoms with van der Waals surface area (Å²) in [6, 6.07) is 19.4. The molecule has 0 unspecified atom stereocenters. The van der Waals surface area contributed by atoms with Crippen molar-refractivity contribution in [2.75, 3.05) is 16.8 Å². The van der Waals surface area contributed by atoms with Gasteiger partial charge in [0.15, 0.2) is 0 Å². The summed E-state index contributed by atoms with van der Waals surface area (Å²) in [6.45, 7) is 4.76. The Balaban J connectivity index is 1.49.